The van der Waals surface area contributed by atoms with Crippen LogP contribution in [-0.4, -0.2) is 84.3 Å². The first kappa shape index (κ1) is 34.7. The van der Waals surface area contributed by atoms with Crippen molar-refractivity contribution in [3.05, 3.63) is 71.9 Å². The molecule has 0 radical (unpaired) electrons. The van der Waals surface area contributed by atoms with Gasteiger partial charge in [-0.15, -0.1) is 0 Å². The summed E-state index contributed by atoms with van der Waals surface area (Å²) in [5.41, 5.74) is 1.89. The number of benzene rings is 2. The van der Waals surface area contributed by atoms with Gasteiger partial charge in [-0.2, -0.15) is 0 Å². The molecule has 5 rings (SSSR count). The molecule has 1 fully saturated rings. The van der Waals surface area contributed by atoms with Gasteiger partial charge in [-0.1, -0.05) is 83.0 Å². The van der Waals surface area contributed by atoms with Gasteiger partial charge >= 0.3 is 0 Å². The third-order valence-electron chi connectivity index (χ3n) is 9.33. The number of carbonyl (C=O) groups is 4. The highest BCUT2D eigenvalue weighted by Crippen LogP contribution is 2.28. The highest BCUT2D eigenvalue weighted by atomic mass is 16.5. The number of fused-ring (bicyclic) bond motifs is 7. The summed E-state index contributed by atoms with van der Waals surface area (Å²) >= 11 is 0. The molecule has 3 aliphatic heterocycles. The van der Waals surface area contributed by atoms with E-state index in [0.29, 0.717) is 31.4 Å². The van der Waals surface area contributed by atoms with Crippen molar-refractivity contribution < 1.29 is 23.9 Å². The molecule has 0 saturated carbocycles. The SMILES string of the molecule is CCC(C)C1NC(=O)C2C(CCN2C(=O)C(NC(=O)C(Cc2ccccc2)N(C)C)C(C)CC)Oc2ccc(cc2)/C=C\NC1=O. The number of hydrogen-bond acceptors (Lipinski definition) is 6. The topological polar surface area (TPSA) is 120 Å². The molecule has 248 valence electrons. The van der Waals surface area contributed by atoms with Crippen LogP contribution >= 0.6 is 0 Å². The number of ether oxygens (including phenoxy) is 1. The number of amides is 4. The van der Waals surface area contributed by atoms with Gasteiger partial charge in [-0.3, -0.25) is 24.1 Å². The predicted molar refractivity (Wildman–Crippen MR) is 179 cm³/mol. The molecule has 7 atom stereocenters. The predicted octanol–water partition coefficient (Wildman–Crippen LogP) is 3.37. The first-order valence-electron chi connectivity index (χ1n) is 16.4. The summed E-state index contributed by atoms with van der Waals surface area (Å²) in [5.74, 6) is -1.16. The molecule has 4 amide bonds. The smallest absolute Gasteiger partial charge is 0.247 e. The summed E-state index contributed by atoms with van der Waals surface area (Å²) in [6.45, 7) is 8.04. The van der Waals surface area contributed by atoms with E-state index in [-0.39, 0.29) is 36.1 Å². The van der Waals surface area contributed by atoms with E-state index >= 15 is 0 Å². The molecule has 3 N–H and O–H groups in total. The second kappa shape index (κ2) is 15.9. The van der Waals surface area contributed by atoms with Crippen LogP contribution in [-0.2, 0) is 25.6 Å². The summed E-state index contributed by atoms with van der Waals surface area (Å²) < 4.78 is 6.35. The van der Waals surface area contributed by atoms with Gasteiger partial charge in [0.25, 0.3) is 0 Å². The molecule has 1 saturated heterocycles. The fourth-order valence-electron chi connectivity index (χ4n) is 5.99. The van der Waals surface area contributed by atoms with E-state index in [0.717, 1.165) is 11.1 Å². The number of nitrogens with one attached hydrogen (secondary N) is 3. The number of nitrogens with zero attached hydrogens (tertiary/aromatic N) is 2. The number of rotatable bonds is 10. The maximum atomic E-state index is 14.4. The lowest BCUT2D eigenvalue weighted by Crippen LogP contribution is -2.61. The van der Waals surface area contributed by atoms with Gasteiger partial charge in [-0.05, 0) is 61.7 Å². The number of likely N-dealkylation sites (N-methyl/N-ethyl adjacent to an activating group) is 1. The van der Waals surface area contributed by atoms with Crippen LogP contribution < -0.4 is 20.7 Å². The molecule has 10 nitrogen and oxygen atoms in total. The van der Waals surface area contributed by atoms with Crippen LogP contribution in [0.25, 0.3) is 6.08 Å². The molecule has 3 heterocycles. The Kier molecular flexibility index (Phi) is 12.0. The summed E-state index contributed by atoms with van der Waals surface area (Å²) in [4.78, 5) is 59.0. The van der Waals surface area contributed by atoms with E-state index in [1.54, 1.807) is 12.3 Å². The molecule has 0 aliphatic carbocycles. The molecular formula is C36H49N5O5. The first-order valence-corrected chi connectivity index (χ1v) is 16.4. The lowest BCUT2D eigenvalue weighted by atomic mass is 9.95. The van der Waals surface area contributed by atoms with E-state index < -0.39 is 36.2 Å². The highest BCUT2D eigenvalue weighted by molar-refractivity contribution is 5.96. The van der Waals surface area contributed by atoms with Crippen molar-refractivity contribution in [2.24, 2.45) is 11.8 Å². The fraction of sp³-hybridized carbons (Fsp3) is 0.500. The molecule has 2 bridgehead atoms. The monoisotopic (exact) mass is 631 g/mol. The summed E-state index contributed by atoms with van der Waals surface area (Å²) in [5, 5.41) is 8.82. The first-order chi connectivity index (χ1) is 22.0. The lowest BCUT2D eigenvalue weighted by molar-refractivity contribution is -0.145. The van der Waals surface area contributed by atoms with Crippen molar-refractivity contribution in [2.75, 3.05) is 20.6 Å². The van der Waals surface area contributed by atoms with Gasteiger partial charge in [0, 0.05) is 19.2 Å². The van der Waals surface area contributed by atoms with Crippen LogP contribution in [0.4, 0.5) is 0 Å². The van der Waals surface area contributed by atoms with E-state index in [4.69, 9.17) is 4.74 Å². The Morgan fingerprint density at radius 1 is 1.00 bits per heavy atom. The minimum absolute atomic E-state index is 0.159. The number of hydrogen-bond donors (Lipinski definition) is 3. The normalized spacial score (nSPS) is 23.2. The molecule has 46 heavy (non-hydrogen) atoms. The van der Waals surface area contributed by atoms with Crippen LogP contribution in [0.3, 0.4) is 0 Å². The Hall–Kier alpha value is -4.18. The van der Waals surface area contributed by atoms with Crippen LogP contribution in [0.2, 0.25) is 0 Å². The van der Waals surface area contributed by atoms with E-state index in [1.165, 1.54) is 4.90 Å². The molecule has 0 aromatic heterocycles. The summed E-state index contributed by atoms with van der Waals surface area (Å²) in [6.07, 6.45) is 4.91. The molecule has 2 aromatic rings. The molecule has 3 aliphatic rings. The molecule has 0 spiro atoms. The zero-order chi connectivity index (χ0) is 33.4. The second-order valence-electron chi connectivity index (χ2n) is 12.7. The lowest BCUT2D eigenvalue weighted by Gasteiger charge is -2.35. The molecule has 7 unspecified atom stereocenters. The molecular weight excluding hydrogens is 582 g/mol. The standard InChI is InChI=1S/C36H49N5O5/c1-7-23(3)30-34(43)37-20-18-25-14-16-27(17-15-25)46-29-19-21-41(32(29)35(44)38-30)36(45)31(24(4)8-2)39-33(42)28(40(5)6)22-26-12-10-9-11-13-26/h9-18,20,23-24,28-32H,7-8,19,21-22H2,1-6H3,(H,37,43)(H,38,44)(H,39,42)/b20-18-. The van der Waals surface area contributed by atoms with E-state index in [2.05, 4.69) is 16.0 Å². The Labute approximate surface area is 272 Å². The average Bonchev–Trinajstić information content (AvgIpc) is 3.48. The van der Waals surface area contributed by atoms with Gasteiger partial charge in [0.15, 0.2) is 0 Å². The van der Waals surface area contributed by atoms with Crippen molar-refractivity contribution in [1.82, 2.24) is 25.8 Å². The van der Waals surface area contributed by atoms with Gasteiger partial charge < -0.3 is 25.6 Å². The molecule has 2 aromatic carbocycles. The van der Waals surface area contributed by atoms with Gasteiger partial charge in [0.05, 0.1) is 6.04 Å². The van der Waals surface area contributed by atoms with E-state index in [1.807, 2.05) is 101 Å². The third kappa shape index (κ3) is 8.34. The Balaban J connectivity index is 1.64. The minimum Gasteiger partial charge on any atom is -0.488 e. The van der Waals surface area contributed by atoms with Gasteiger partial charge in [0.2, 0.25) is 23.6 Å². The Bertz CT molecular complexity index is 1380. The molecule has 10 heteroatoms. The van der Waals surface area contributed by atoms with Crippen molar-refractivity contribution in [1.29, 1.82) is 0 Å². The van der Waals surface area contributed by atoms with Crippen molar-refractivity contribution in [3.8, 4) is 5.75 Å². The number of likely N-dealkylation sites (tertiary alicyclic amines) is 1. The maximum absolute atomic E-state index is 14.4. The fourth-order valence-corrected chi connectivity index (χ4v) is 5.99. The van der Waals surface area contributed by atoms with E-state index in [9.17, 15) is 19.2 Å². The zero-order valence-electron chi connectivity index (χ0n) is 27.9. The van der Waals surface area contributed by atoms with Crippen LogP contribution in [0.5, 0.6) is 5.75 Å². The van der Waals surface area contributed by atoms with Crippen LogP contribution in [0.1, 0.15) is 58.1 Å². The Morgan fingerprint density at radius 2 is 1.70 bits per heavy atom. The second-order valence-corrected chi connectivity index (χ2v) is 12.7. The van der Waals surface area contributed by atoms with Crippen molar-refractivity contribution in [2.45, 2.75) is 83.6 Å². The van der Waals surface area contributed by atoms with Crippen molar-refractivity contribution >= 4 is 29.7 Å². The van der Waals surface area contributed by atoms with Gasteiger partial charge in [0.1, 0.15) is 30.0 Å². The summed E-state index contributed by atoms with van der Waals surface area (Å²) in [7, 11) is 3.70. The Morgan fingerprint density at radius 3 is 2.33 bits per heavy atom. The van der Waals surface area contributed by atoms with Crippen molar-refractivity contribution in [3.63, 3.8) is 0 Å². The van der Waals surface area contributed by atoms with Crippen LogP contribution in [0, 0.1) is 11.8 Å². The number of carbonyl (C=O) groups excluding carboxylic acids is 4. The quantitative estimate of drug-likeness (QED) is 0.370. The maximum Gasteiger partial charge on any atom is 0.247 e. The average molecular weight is 632 g/mol. The largest absolute Gasteiger partial charge is 0.488 e. The summed E-state index contributed by atoms with van der Waals surface area (Å²) in [6, 6.07) is 14.0. The third-order valence-corrected chi connectivity index (χ3v) is 9.33. The van der Waals surface area contributed by atoms with Gasteiger partial charge in [-0.25, -0.2) is 0 Å². The zero-order valence-corrected chi connectivity index (χ0v) is 27.9. The minimum atomic E-state index is -0.998. The van der Waals surface area contributed by atoms with Crippen LogP contribution in [0.15, 0.2) is 60.8 Å². The highest BCUT2D eigenvalue weighted by Gasteiger charge is 2.47.